The highest BCUT2D eigenvalue weighted by Crippen LogP contribution is 2.10. The second-order valence-corrected chi connectivity index (χ2v) is 6.10. The van der Waals surface area contributed by atoms with Gasteiger partial charge >= 0.3 is 5.97 Å². The predicted molar refractivity (Wildman–Crippen MR) is 89.4 cm³/mol. The number of hydrogen-bond donors (Lipinski definition) is 0. The van der Waals surface area contributed by atoms with Gasteiger partial charge in [0.15, 0.2) is 0 Å². The third-order valence-electron chi connectivity index (χ3n) is 2.76. The van der Waals surface area contributed by atoms with Crippen molar-refractivity contribution in [2.24, 2.45) is 0 Å². The predicted octanol–water partition coefficient (Wildman–Crippen LogP) is 2.64. The van der Waals surface area contributed by atoms with Crippen molar-refractivity contribution in [3.8, 4) is 5.75 Å². The summed E-state index contributed by atoms with van der Waals surface area (Å²) >= 11 is 0. The molecule has 0 saturated carbocycles. The molecule has 0 amide bonds. The largest absolute Gasteiger partial charge is 0.491 e. The monoisotopic (exact) mass is 338 g/mol. The van der Waals surface area contributed by atoms with Crippen LogP contribution in [-0.2, 0) is 19.0 Å². The molecule has 1 aromatic rings. The first-order valence-electron chi connectivity index (χ1n) is 7.96. The molecule has 0 bridgehead atoms. The maximum Gasteiger partial charge on any atom is 0.308 e. The van der Waals surface area contributed by atoms with E-state index in [1.807, 2.05) is 20.8 Å². The first-order valence-corrected chi connectivity index (χ1v) is 7.96. The van der Waals surface area contributed by atoms with Crippen molar-refractivity contribution in [1.82, 2.24) is 0 Å². The molecule has 0 aliphatic carbocycles. The highest BCUT2D eigenvalue weighted by atomic mass is 16.6. The van der Waals surface area contributed by atoms with E-state index < -0.39 is 5.60 Å². The van der Waals surface area contributed by atoms with Crippen LogP contribution in [0.1, 0.15) is 37.6 Å². The van der Waals surface area contributed by atoms with Crippen LogP contribution in [0.25, 0.3) is 0 Å². The Balaban J connectivity index is 1.95. The minimum absolute atomic E-state index is 0.233. The Morgan fingerprint density at radius 2 is 1.54 bits per heavy atom. The van der Waals surface area contributed by atoms with Crippen molar-refractivity contribution in [2.75, 3.05) is 33.0 Å². The Morgan fingerprint density at radius 1 is 0.958 bits per heavy atom. The first kappa shape index (κ1) is 20.1. The summed E-state index contributed by atoms with van der Waals surface area (Å²) in [4.78, 5) is 22.0. The van der Waals surface area contributed by atoms with Crippen LogP contribution < -0.4 is 4.74 Å². The van der Waals surface area contributed by atoms with Gasteiger partial charge in [0, 0.05) is 5.56 Å². The highest BCUT2D eigenvalue weighted by Gasteiger charge is 2.15. The summed E-state index contributed by atoms with van der Waals surface area (Å²) in [6.45, 7) is 7.51. The fourth-order valence-corrected chi connectivity index (χ4v) is 1.73. The Kier molecular flexibility index (Phi) is 9.04. The number of rotatable bonds is 11. The fraction of sp³-hybridized carbons (Fsp3) is 0.556. The number of carbonyl (C=O) groups excluding carboxylic acids is 2. The summed E-state index contributed by atoms with van der Waals surface area (Å²) in [5, 5.41) is 0. The summed E-state index contributed by atoms with van der Waals surface area (Å²) in [6.07, 6.45) is 1.02. The minimum atomic E-state index is -0.465. The zero-order valence-electron chi connectivity index (χ0n) is 14.6. The maximum atomic E-state index is 11.4. The summed E-state index contributed by atoms with van der Waals surface area (Å²) in [5.41, 5.74) is 0.149. The lowest BCUT2D eigenvalue weighted by Gasteiger charge is -2.19. The lowest BCUT2D eigenvalue weighted by Crippen LogP contribution is -2.24. The lowest BCUT2D eigenvalue weighted by molar-refractivity contribution is -0.156. The van der Waals surface area contributed by atoms with E-state index in [1.165, 1.54) is 0 Å². The van der Waals surface area contributed by atoms with Crippen LogP contribution in [0.2, 0.25) is 0 Å². The second kappa shape index (κ2) is 10.8. The molecule has 1 rings (SSSR count). The molecule has 0 aromatic heterocycles. The molecule has 0 atom stereocenters. The van der Waals surface area contributed by atoms with Crippen LogP contribution in [0, 0.1) is 0 Å². The van der Waals surface area contributed by atoms with Crippen LogP contribution in [0.15, 0.2) is 24.3 Å². The number of carbonyl (C=O) groups is 2. The average Bonchev–Trinajstić information content (AvgIpc) is 2.52. The Morgan fingerprint density at radius 3 is 2.12 bits per heavy atom. The number of ether oxygens (including phenoxy) is 4. The molecule has 0 heterocycles. The normalized spacial score (nSPS) is 11.1. The van der Waals surface area contributed by atoms with E-state index in [9.17, 15) is 9.59 Å². The summed E-state index contributed by atoms with van der Waals surface area (Å²) < 4.78 is 21.3. The topological polar surface area (TPSA) is 71.1 Å². The molecule has 134 valence electrons. The molecule has 0 saturated heterocycles. The van der Waals surface area contributed by atoms with Gasteiger partial charge in [0.1, 0.15) is 24.2 Å². The summed E-state index contributed by atoms with van der Waals surface area (Å²) in [5.74, 6) is 0.426. The van der Waals surface area contributed by atoms with Gasteiger partial charge in [-0.05, 0) is 45.0 Å². The van der Waals surface area contributed by atoms with E-state index in [0.29, 0.717) is 44.3 Å². The SMILES string of the molecule is CC(C)(C)OC(=O)CCOCCOCCOc1ccc(C=O)cc1. The Hall–Kier alpha value is -1.92. The van der Waals surface area contributed by atoms with Crippen molar-refractivity contribution < 1.29 is 28.5 Å². The quantitative estimate of drug-likeness (QED) is 0.351. The molecule has 0 spiro atoms. The van der Waals surface area contributed by atoms with Gasteiger partial charge in [-0.15, -0.1) is 0 Å². The number of benzene rings is 1. The third-order valence-corrected chi connectivity index (χ3v) is 2.76. The minimum Gasteiger partial charge on any atom is -0.491 e. The highest BCUT2D eigenvalue weighted by molar-refractivity contribution is 5.74. The number of aldehydes is 1. The zero-order valence-corrected chi connectivity index (χ0v) is 14.6. The first-order chi connectivity index (χ1) is 11.4. The zero-order chi connectivity index (χ0) is 17.8. The molecule has 24 heavy (non-hydrogen) atoms. The Labute approximate surface area is 143 Å². The fourth-order valence-electron chi connectivity index (χ4n) is 1.73. The second-order valence-electron chi connectivity index (χ2n) is 6.10. The standard InChI is InChI=1S/C18H26O6/c1-18(2,3)24-17(20)8-9-21-10-11-22-12-13-23-16-6-4-15(14-19)5-7-16/h4-7,14H,8-13H2,1-3H3. The van der Waals surface area contributed by atoms with E-state index in [0.717, 1.165) is 6.29 Å². The van der Waals surface area contributed by atoms with Gasteiger partial charge < -0.3 is 18.9 Å². The number of hydrogen-bond acceptors (Lipinski definition) is 6. The van der Waals surface area contributed by atoms with Crippen LogP contribution >= 0.6 is 0 Å². The van der Waals surface area contributed by atoms with Gasteiger partial charge in [-0.1, -0.05) is 0 Å². The van der Waals surface area contributed by atoms with Crippen molar-refractivity contribution in [1.29, 1.82) is 0 Å². The van der Waals surface area contributed by atoms with Gasteiger partial charge in [-0.25, -0.2) is 0 Å². The molecule has 0 aliphatic rings. The van der Waals surface area contributed by atoms with Gasteiger partial charge in [0.25, 0.3) is 0 Å². The number of esters is 1. The van der Waals surface area contributed by atoms with Crippen molar-refractivity contribution >= 4 is 12.3 Å². The molecular weight excluding hydrogens is 312 g/mol. The van der Waals surface area contributed by atoms with Crippen LogP contribution in [0.5, 0.6) is 5.75 Å². The molecule has 0 radical (unpaired) electrons. The van der Waals surface area contributed by atoms with Gasteiger partial charge in [0.05, 0.1) is 32.8 Å². The molecule has 6 nitrogen and oxygen atoms in total. The van der Waals surface area contributed by atoms with Crippen LogP contribution in [0.3, 0.4) is 0 Å². The summed E-state index contributed by atoms with van der Waals surface area (Å²) in [7, 11) is 0. The molecule has 0 aliphatic heterocycles. The van der Waals surface area contributed by atoms with Crippen LogP contribution in [-0.4, -0.2) is 50.9 Å². The van der Waals surface area contributed by atoms with E-state index in [-0.39, 0.29) is 12.4 Å². The maximum absolute atomic E-state index is 11.4. The molecule has 1 aromatic carbocycles. The third kappa shape index (κ3) is 9.97. The molecule has 6 heteroatoms. The van der Waals surface area contributed by atoms with E-state index in [4.69, 9.17) is 18.9 Å². The van der Waals surface area contributed by atoms with Crippen molar-refractivity contribution in [3.05, 3.63) is 29.8 Å². The summed E-state index contributed by atoms with van der Waals surface area (Å²) in [6, 6.07) is 6.87. The van der Waals surface area contributed by atoms with E-state index in [1.54, 1.807) is 24.3 Å². The smallest absolute Gasteiger partial charge is 0.308 e. The van der Waals surface area contributed by atoms with E-state index >= 15 is 0 Å². The molecule has 0 unspecified atom stereocenters. The van der Waals surface area contributed by atoms with E-state index in [2.05, 4.69) is 0 Å². The lowest BCUT2D eigenvalue weighted by atomic mass is 10.2. The molecule has 0 N–H and O–H groups in total. The van der Waals surface area contributed by atoms with Gasteiger partial charge in [0.2, 0.25) is 0 Å². The van der Waals surface area contributed by atoms with Crippen molar-refractivity contribution in [2.45, 2.75) is 32.8 Å². The molecule has 0 fully saturated rings. The average molecular weight is 338 g/mol. The van der Waals surface area contributed by atoms with Gasteiger partial charge in [-0.2, -0.15) is 0 Å². The van der Waals surface area contributed by atoms with Gasteiger partial charge in [-0.3, -0.25) is 9.59 Å². The van der Waals surface area contributed by atoms with Crippen LogP contribution in [0.4, 0.5) is 0 Å². The van der Waals surface area contributed by atoms with Crippen molar-refractivity contribution in [3.63, 3.8) is 0 Å². The Bertz CT molecular complexity index is 489. The molecular formula is C18H26O6.